The van der Waals surface area contributed by atoms with Gasteiger partial charge in [-0.05, 0) is 55.9 Å². The minimum Gasteiger partial charge on any atom is -0.140 e. The predicted molar refractivity (Wildman–Crippen MR) is 72.7 cm³/mol. The first-order valence-electron chi connectivity index (χ1n) is 4.89. The van der Waals surface area contributed by atoms with E-state index in [0.29, 0.717) is 0 Å². The summed E-state index contributed by atoms with van der Waals surface area (Å²) in [5.41, 5.74) is 0. The van der Waals surface area contributed by atoms with Crippen molar-refractivity contribution >= 4 is 22.7 Å². The van der Waals surface area contributed by atoms with Gasteiger partial charge in [0.05, 0.1) is 4.88 Å². The summed E-state index contributed by atoms with van der Waals surface area (Å²) in [6, 6.07) is 8.49. The van der Waals surface area contributed by atoms with Crippen molar-refractivity contribution in [2.75, 3.05) is 0 Å². The van der Waals surface area contributed by atoms with E-state index >= 15 is 0 Å². The van der Waals surface area contributed by atoms with Crippen molar-refractivity contribution in [1.82, 2.24) is 0 Å². The molecule has 0 unspecified atom stereocenters. The van der Waals surface area contributed by atoms with Gasteiger partial charge in [0.2, 0.25) is 0 Å². The summed E-state index contributed by atoms with van der Waals surface area (Å²) in [6.07, 6.45) is 0. The molecule has 0 aliphatic carbocycles. The molecule has 0 aliphatic heterocycles. The van der Waals surface area contributed by atoms with Crippen LogP contribution in [0.4, 0.5) is 0 Å². The molecule has 16 heavy (non-hydrogen) atoms. The molecule has 0 N–H and O–H groups in total. The molecule has 0 nitrogen and oxygen atoms in total. The number of thiophene rings is 2. The monoisotopic (exact) mass is 242 g/mol. The Labute approximate surface area is 104 Å². The second-order valence-electron chi connectivity index (χ2n) is 3.20. The van der Waals surface area contributed by atoms with Crippen LogP contribution in [0, 0.1) is 30.6 Å². The van der Waals surface area contributed by atoms with Crippen molar-refractivity contribution in [3.8, 4) is 33.4 Å². The zero-order valence-corrected chi connectivity index (χ0v) is 10.8. The fourth-order valence-corrected chi connectivity index (χ4v) is 3.08. The standard InChI is InChI=1S/C14H10S2/c1-3-4-5-6-12-8-10-14(16-12)13-9-7-11(2)15-13/h7-10H,1-2H3. The molecule has 2 heterocycles. The van der Waals surface area contributed by atoms with Crippen molar-refractivity contribution in [3.05, 3.63) is 34.0 Å². The van der Waals surface area contributed by atoms with Gasteiger partial charge in [0.1, 0.15) is 0 Å². The maximum atomic E-state index is 3.04. The fourth-order valence-electron chi connectivity index (χ4n) is 1.26. The highest BCUT2D eigenvalue weighted by Crippen LogP contribution is 2.32. The van der Waals surface area contributed by atoms with Crippen LogP contribution in [0.5, 0.6) is 0 Å². The van der Waals surface area contributed by atoms with Gasteiger partial charge in [0.15, 0.2) is 0 Å². The van der Waals surface area contributed by atoms with Gasteiger partial charge < -0.3 is 0 Å². The van der Waals surface area contributed by atoms with Crippen LogP contribution in [-0.4, -0.2) is 0 Å². The number of rotatable bonds is 1. The highest BCUT2D eigenvalue weighted by Gasteiger charge is 2.03. The zero-order valence-electron chi connectivity index (χ0n) is 9.13. The van der Waals surface area contributed by atoms with E-state index in [9.17, 15) is 0 Å². The maximum absolute atomic E-state index is 3.04. The van der Waals surface area contributed by atoms with E-state index in [0.717, 1.165) is 4.88 Å². The number of aryl methyl sites for hydroxylation is 1. The third-order valence-electron chi connectivity index (χ3n) is 1.96. The summed E-state index contributed by atoms with van der Waals surface area (Å²) in [6.45, 7) is 3.92. The third kappa shape index (κ3) is 2.55. The molecule has 0 aliphatic rings. The van der Waals surface area contributed by atoms with E-state index in [1.165, 1.54) is 14.6 Å². The Morgan fingerprint density at radius 1 is 0.938 bits per heavy atom. The first-order valence-corrected chi connectivity index (χ1v) is 6.52. The van der Waals surface area contributed by atoms with Gasteiger partial charge in [-0.3, -0.25) is 0 Å². The second-order valence-corrected chi connectivity index (χ2v) is 5.57. The van der Waals surface area contributed by atoms with Crippen LogP contribution in [0.25, 0.3) is 9.75 Å². The van der Waals surface area contributed by atoms with Crippen LogP contribution in [0.15, 0.2) is 24.3 Å². The highest BCUT2D eigenvalue weighted by atomic mass is 32.1. The molecule has 0 aromatic carbocycles. The minimum atomic E-state index is 1.07. The topological polar surface area (TPSA) is 0 Å². The summed E-state index contributed by atoms with van der Waals surface area (Å²) < 4.78 is 0. The van der Waals surface area contributed by atoms with Crippen molar-refractivity contribution < 1.29 is 0 Å². The summed E-state index contributed by atoms with van der Waals surface area (Å²) in [5.74, 6) is 11.4. The van der Waals surface area contributed by atoms with Gasteiger partial charge in [-0.2, -0.15) is 0 Å². The smallest absolute Gasteiger partial charge is 0.0785 e. The molecule has 0 spiro atoms. The molecular weight excluding hydrogens is 232 g/mol. The van der Waals surface area contributed by atoms with Gasteiger partial charge in [-0.15, -0.1) is 22.7 Å². The normalized spacial score (nSPS) is 8.88. The lowest BCUT2D eigenvalue weighted by molar-refractivity contribution is 1.64. The minimum absolute atomic E-state index is 1.07. The molecule has 2 aromatic heterocycles. The molecule has 0 atom stereocenters. The van der Waals surface area contributed by atoms with Crippen LogP contribution in [0.2, 0.25) is 0 Å². The van der Waals surface area contributed by atoms with E-state index in [4.69, 9.17) is 0 Å². The van der Waals surface area contributed by atoms with Crippen LogP contribution in [0.3, 0.4) is 0 Å². The maximum Gasteiger partial charge on any atom is 0.0785 e. The van der Waals surface area contributed by atoms with Crippen molar-refractivity contribution in [1.29, 1.82) is 0 Å². The van der Waals surface area contributed by atoms with Crippen LogP contribution in [-0.2, 0) is 0 Å². The Morgan fingerprint density at radius 3 is 2.38 bits per heavy atom. The number of hydrogen-bond donors (Lipinski definition) is 0. The SMILES string of the molecule is CC#CC#Cc1ccc(-c2ccc(C)s2)s1. The predicted octanol–water partition coefficient (Wildman–Crippen LogP) is 4.16. The quantitative estimate of drug-likeness (QED) is 0.659. The van der Waals surface area contributed by atoms with Crippen molar-refractivity contribution in [2.24, 2.45) is 0 Å². The molecule has 2 heteroatoms. The summed E-state index contributed by atoms with van der Waals surface area (Å²) in [5, 5.41) is 0. The van der Waals surface area contributed by atoms with E-state index < -0.39 is 0 Å². The van der Waals surface area contributed by atoms with Crippen LogP contribution >= 0.6 is 22.7 Å². The Bertz CT molecular complexity index is 606. The fraction of sp³-hybridized carbons (Fsp3) is 0.143. The molecule has 0 fully saturated rings. The van der Waals surface area contributed by atoms with E-state index in [2.05, 4.69) is 54.9 Å². The van der Waals surface area contributed by atoms with Crippen LogP contribution in [0.1, 0.15) is 16.7 Å². The lowest BCUT2D eigenvalue weighted by Gasteiger charge is -1.86. The van der Waals surface area contributed by atoms with Crippen LogP contribution < -0.4 is 0 Å². The third-order valence-corrected chi connectivity index (χ3v) is 4.16. The van der Waals surface area contributed by atoms with Gasteiger partial charge in [0, 0.05) is 14.6 Å². The second kappa shape index (κ2) is 5.03. The molecule has 78 valence electrons. The van der Waals surface area contributed by atoms with Crippen molar-refractivity contribution in [2.45, 2.75) is 13.8 Å². The van der Waals surface area contributed by atoms with E-state index in [-0.39, 0.29) is 0 Å². The first kappa shape index (κ1) is 11.0. The Hall–Kier alpha value is -1.48. The Balaban J connectivity index is 2.26. The zero-order chi connectivity index (χ0) is 11.4. The lowest BCUT2D eigenvalue weighted by atomic mass is 10.3. The van der Waals surface area contributed by atoms with E-state index in [1.807, 2.05) is 11.3 Å². The number of hydrogen-bond acceptors (Lipinski definition) is 2. The molecule has 2 aromatic rings. The first-order chi connectivity index (χ1) is 7.79. The average molecular weight is 242 g/mol. The van der Waals surface area contributed by atoms with E-state index in [1.54, 1.807) is 18.3 Å². The van der Waals surface area contributed by atoms with Gasteiger partial charge in [-0.1, -0.05) is 5.92 Å². The molecule has 0 bridgehead atoms. The molecule has 0 radical (unpaired) electrons. The average Bonchev–Trinajstić information content (AvgIpc) is 2.87. The summed E-state index contributed by atoms with van der Waals surface area (Å²) >= 11 is 3.54. The molecule has 2 rings (SSSR count). The van der Waals surface area contributed by atoms with Gasteiger partial charge >= 0.3 is 0 Å². The van der Waals surface area contributed by atoms with Gasteiger partial charge in [-0.25, -0.2) is 0 Å². The summed E-state index contributed by atoms with van der Waals surface area (Å²) in [7, 11) is 0. The highest BCUT2D eigenvalue weighted by molar-refractivity contribution is 7.22. The van der Waals surface area contributed by atoms with Gasteiger partial charge in [0.25, 0.3) is 0 Å². The Kier molecular flexibility index (Phi) is 3.47. The lowest BCUT2D eigenvalue weighted by Crippen LogP contribution is -1.58. The Morgan fingerprint density at radius 2 is 1.69 bits per heavy atom. The molecular formula is C14H10S2. The molecule has 0 saturated heterocycles. The largest absolute Gasteiger partial charge is 0.140 e. The van der Waals surface area contributed by atoms with Crippen molar-refractivity contribution in [3.63, 3.8) is 0 Å². The summed E-state index contributed by atoms with van der Waals surface area (Å²) in [4.78, 5) is 5.01. The molecule has 0 amide bonds. The molecule has 0 saturated carbocycles.